The van der Waals surface area contributed by atoms with Crippen molar-refractivity contribution in [3.63, 3.8) is 0 Å². The highest BCUT2D eigenvalue weighted by Gasteiger charge is 2.09. The summed E-state index contributed by atoms with van der Waals surface area (Å²) in [6.45, 7) is 0.403. The number of nitrogens with zero attached hydrogens (tertiary/aromatic N) is 2. The van der Waals surface area contributed by atoms with Crippen molar-refractivity contribution >= 4 is 5.69 Å². The van der Waals surface area contributed by atoms with E-state index < -0.39 is 4.92 Å². The predicted molar refractivity (Wildman–Crippen MR) is 69.7 cm³/mol. The average Bonchev–Trinajstić information content (AvgIpc) is 2.41. The fraction of sp³-hybridized carbons (Fsp3) is 0.167. The van der Waals surface area contributed by atoms with Crippen LogP contribution in [0.3, 0.4) is 0 Å². The normalized spacial score (nSPS) is 10.4. The maximum Gasteiger partial charge on any atom is 0.270 e. The number of benzene rings is 1. The molecule has 0 saturated carbocycles. The first-order valence-corrected chi connectivity index (χ1v) is 5.60. The van der Waals surface area contributed by atoms with Crippen LogP contribution in [0, 0.1) is 10.1 Å². The number of hydrogen-bond acceptors (Lipinski definition) is 5. The zero-order chi connectivity index (χ0) is 13.8. The molecule has 0 aliphatic heterocycles. The van der Waals surface area contributed by atoms with Gasteiger partial charge in [0.1, 0.15) is 0 Å². The molecule has 0 atom stereocenters. The molecule has 98 valence electrons. The Bertz CT molecular complexity index is 666. The molecule has 0 unspecified atom stereocenters. The SMILES string of the molecule is CNCc1cc(-c2cccc([N+](=O)[O-])c2)n[nH]c1=O. The van der Waals surface area contributed by atoms with Crippen molar-refractivity contribution in [3.8, 4) is 11.3 Å². The molecule has 0 radical (unpaired) electrons. The zero-order valence-corrected chi connectivity index (χ0v) is 10.2. The van der Waals surface area contributed by atoms with Crippen LogP contribution in [-0.4, -0.2) is 22.2 Å². The molecule has 1 aromatic carbocycles. The number of nitro groups is 1. The monoisotopic (exact) mass is 260 g/mol. The first kappa shape index (κ1) is 12.9. The Hall–Kier alpha value is -2.54. The third-order valence-corrected chi connectivity index (χ3v) is 2.60. The third kappa shape index (κ3) is 2.83. The van der Waals surface area contributed by atoms with Crippen molar-refractivity contribution < 1.29 is 4.92 Å². The van der Waals surface area contributed by atoms with Gasteiger partial charge in [-0.3, -0.25) is 14.9 Å². The third-order valence-electron chi connectivity index (χ3n) is 2.60. The maximum absolute atomic E-state index is 11.5. The van der Waals surface area contributed by atoms with Gasteiger partial charge < -0.3 is 5.32 Å². The second-order valence-corrected chi connectivity index (χ2v) is 3.95. The van der Waals surface area contributed by atoms with Gasteiger partial charge in [0.25, 0.3) is 11.2 Å². The predicted octanol–water partition coefficient (Wildman–Crippen LogP) is 1.06. The van der Waals surface area contributed by atoms with Gasteiger partial charge in [0.2, 0.25) is 0 Å². The van der Waals surface area contributed by atoms with Crippen molar-refractivity contribution in [2.24, 2.45) is 0 Å². The quantitative estimate of drug-likeness (QED) is 0.632. The van der Waals surface area contributed by atoms with Crippen LogP contribution in [0.25, 0.3) is 11.3 Å². The Balaban J connectivity index is 2.47. The van der Waals surface area contributed by atoms with Crippen molar-refractivity contribution in [3.05, 3.63) is 56.4 Å². The molecule has 2 N–H and O–H groups in total. The molecule has 0 saturated heterocycles. The van der Waals surface area contributed by atoms with Crippen molar-refractivity contribution in [1.29, 1.82) is 0 Å². The molecule has 1 aromatic heterocycles. The summed E-state index contributed by atoms with van der Waals surface area (Å²) in [5.41, 5.74) is 1.32. The molecule has 0 amide bonds. The molecule has 19 heavy (non-hydrogen) atoms. The Morgan fingerprint density at radius 2 is 2.21 bits per heavy atom. The highest BCUT2D eigenvalue weighted by molar-refractivity contribution is 5.62. The van der Waals surface area contributed by atoms with Gasteiger partial charge in [-0.05, 0) is 13.1 Å². The lowest BCUT2D eigenvalue weighted by Gasteiger charge is -2.03. The number of rotatable bonds is 4. The number of hydrogen-bond donors (Lipinski definition) is 2. The van der Waals surface area contributed by atoms with Gasteiger partial charge in [0.15, 0.2) is 0 Å². The standard InChI is InChI=1S/C12H12N4O3/c1-13-7-9-6-11(14-15-12(9)17)8-3-2-4-10(5-8)16(18)19/h2-6,13H,7H2,1H3,(H,15,17). The van der Waals surface area contributed by atoms with Crippen LogP contribution in [0.1, 0.15) is 5.56 Å². The van der Waals surface area contributed by atoms with E-state index in [9.17, 15) is 14.9 Å². The Morgan fingerprint density at radius 3 is 2.89 bits per heavy atom. The Morgan fingerprint density at radius 1 is 1.42 bits per heavy atom. The first-order valence-electron chi connectivity index (χ1n) is 5.60. The van der Waals surface area contributed by atoms with Gasteiger partial charge in [0.05, 0.1) is 10.6 Å². The van der Waals surface area contributed by atoms with E-state index in [0.29, 0.717) is 23.4 Å². The van der Waals surface area contributed by atoms with Crippen molar-refractivity contribution in [2.75, 3.05) is 7.05 Å². The maximum atomic E-state index is 11.5. The molecule has 0 fully saturated rings. The van der Waals surface area contributed by atoms with Crippen LogP contribution < -0.4 is 10.9 Å². The average molecular weight is 260 g/mol. The van der Waals surface area contributed by atoms with Gasteiger partial charge >= 0.3 is 0 Å². The van der Waals surface area contributed by atoms with Gasteiger partial charge in [-0.25, -0.2) is 5.10 Å². The van der Waals surface area contributed by atoms with Crippen LogP contribution >= 0.6 is 0 Å². The summed E-state index contributed by atoms with van der Waals surface area (Å²) in [4.78, 5) is 21.8. The molecule has 7 heteroatoms. The largest absolute Gasteiger partial charge is 0.315 e. The lowest BCUT2D eigenvalue weighted by Crippen LogP contribution is -2.19. The molecular weight excluding hydrogens is 248 g/mol. The summed E-state index contributed by atoms with van der Waals surface area (Å²) in [5.74, 6) is 0. The van der Waals surface area contributed by atoms with Crippen LogP contribution in [0.5, 0.6) is 0 Å². The van der Waals surface area contributed by atoms with E-state index in [2.05, 4.69) is 15.5 Å². The fourth-order valence-corrected chi connectivity index (χ4v) is 1.69. The molecule has 1 heterocycles. The minimum absolute atomic E-state index is 0.0133. The van der Waals surface area contributed by atoms with Crippen molar-refractivity contribution in [2.45, 2.75) is 6.54 Å². The van der Waals surface area contributed by atoms with E-state index in [0.717, 1.165) is 0 Å². The van der Waals surface area contributed by atoms with Gasteiger partial charge in [-0.1, -0.05) is 12.1 Å². The molecule has 0 spiro atoms. The molecule has 2 rings (SSSR count). The number of H-pyrrole nitrogens is 1. The molecule has 0 aliphatic rings. The summed E-state index contributed by atoms with van der Waals surface area (Å²) < 4.78 is 0. The van der Waals surface area contributed by atoms with Gasteiger partial charge in [-0.2, -0.15) is 5.10 Å². The van der Waals surface area contributed by atoms with E-state index in [4.69, 9.17) is 0 Å². The zero-order valence-electron chi connectivity index (χ0n) is 10.2. The number of nitrogens with one attached hydrogen (secondary N) is 2. The first-order chi connectivity index (χ1) is 9.11. The Kier molecular flexibility index (Phi) is 3.67. The second kappa shape index (κ2) is 5.40. The molecule has 0 aliphatic carbocycles. The van der Waals surface area contributed by atoms with E-state index in [-0.39, 0.29) is 11.2 Å². The van der Waals surface area contributed by atoms with Crippen LogP contribution in [0.2, 0.25) is 0 Å². The second-order valence-electron chi connectivity index (χ2n) is 3.95. The number of aromatic amines is 1. The summed E-state index contributed by atoms with van der Waals surface area (Å²) in [7, 11) is 1.73. The van der Waals surface area contributed by atoms with E-state index >= 15 is 0 Å². The number of non-ortho nitro benzene ring substituents is 1. The molecule has 2 aromatic rings. The lowest BCUT2D eigenvalue weighted by atomic mass is 10.1. The van der Waals surface area contributed by atoms with E-state index in [1.54, 1.807) is 25.2 Å². The van der Waals surface area contributed by atoms with Gasteiger partial charge in [-0.15, -0.1) is 0 Å². The minimum Gasteiger partial charge on any atom is -0.315 e. The van der Waals surface area contributed by atoms with E-state index in [1.807, 2.05) is 0 Å². The Labute approximate surface area is 108 Å². The van der Waals surface area contributed by atoms with Crippen LogP contribution in [-0.2, 0) is 6.54 Å². The van der Waals surface area contributed by atoms with Crippen LogP contribution in [0.15, 0.2) is 35.1 Å². The van der Waals surface area contributed by atoms with Crippen molar-refractivity contribution in [1.82, 2.24) is 15.5 Å². The minimum atomic E-state index is -0.469. The lowest BCUT2D eigenvalue weighted by molar-refractivity contribution is -0.384. The number of aromatic nitrogens is 2. The molecular formula is C12H12N4O3. The topological polar surface area (TPSA) is 101 Å². The summed E-state index contributed by atoms with van der Waals surface area (Å²) in [6.07, 6.45) is 0. The van der Waals surface area contributed by atoms with Gasteiger partial charge in [0, 0.05) is 29.8 Å². The summed E-state index contributed by atoms with van der Waals surface area (Å²) >= 11 is 0. The highest BCUT2D eigenvalue weighted by Crippen LogP contribution is 2.21. The smallest absolute Gasteiger partial charge is 0.270 e. The fourth-order valence-electron chi connectivity index (χ4n) is 1.69. The molecule has 0 bridgehead atoms. The summed E-state index contributed by atoms with van der Waals surface area (Å²) in [5, 5.41) is 19.9. The summed E-state index contributed by atoms with van der Waals surface area (Å²) in [6, 6.07) is 7.73. The molecule has 7 nitrogen and oxygen atoms in total. The van der Waals surface area contributed by atoms with E-state index in [1.165, 1.54) is 12.1 Å². The highest BCUT2D eigenvalue weighted by atomic mass is 16.6. The van der Waals surface area contributed by atoms with Crippen LogP contribution in [0.4, 0.5) is 5.69 Å². The number of nitro benzene ring substituents is 1.